The molecule has 0 radical (unpaired) electrons. The summed E-state index contributed by atoms with van der Waals surface area (Å²) in [6, 6.07) is 42.2. The van der Waals surface area contributed by atoms with Crippen molar-refractivity contribution in [2.75, 3.05) is 4.90 Å². The van der Waals surface area contributed by atoms with Crippen LogP contribution in [0.15, 0.2) is 205 Å². The molecule has 0 bridgehead atoms. The smallest absolute Gasteiger partial charge is 0.0629 e. The van der Waals surface area contributed by atoms with Gasteiger partial charge >= 0.3 is 0 Å². The number of anilines is 2. The van der Waals surface area contributed by atoms with Crippen LogP contribution in [0.2, 0.25) is 0 Å². The zero-order valence-corrected chi connectivity index (χ0v) is 32.5. The normalized spacial score (nSPS) is 25.1. The average molecular weight is 751 g/mol. The summed E-state index contributed by atoms with van der Waals surface area (Å²) in [5.74, 6) is 1.23. The second kappa shape index (κ2) is 13.3. The minimum Gasteiger partial charge on any atom is -0.333 e. The highest BCUT2D eigenvalue weighted by Crippen LogP contribution is 2.54. The molecule has 0 fully saturated rings. The largest absolute Gasteiger partial charge is 0.333 e. The van der Waals surface area contributed by atoms with Gasteiger partial charge in [0.15, 0.2) is 0 Å². The van der Waals surface area contributed by atoms with Crippen molar-refractivity contribution < 1.29 is 0 Å². The first kappa shape index (κ1) is 33.1. The van der Waals surface area contributed by atoms with Crippen LogP contribution in [0.1, 0.15) is 41.8 Å². The fraction of sp³-hybridized carbons (Fsp3) is 0.148. The zero-order valence-electron chi connectivity index (χ0n) is 31.7. The fourth-order valence-corrected chi connectivity index (χ4v) is 12.0. The minimum atomic E-state index is 0.294. The molecule has 2 aliphatic heterocycles. The van der Waals surface area contributed by atoms with Gasteiger partial charge in [0.25, 0.3) is 0 Å². The number of fused-ring (bicyclic) bond motifs is 8. The molecule has 5 aromatic carbocycles. The number of hydrogen-bond acceptors (Lipinski definition) is 2. The highest BCUT2D eigenvalue weighted by Gasteiger charge is 2.38. The molecule has 6 unspecified atom stereocenters. The van der Waals surface area contributed by atoms with E-state index in [2.05, 4.69) is 215 Å². The molecule has 6 atom stereocenters. The van der Waals surface area contributed by atoms with Crippen molar-refractivity contribution in [2.45, 2.75) is 42.0 Å². The second-order valence-corrected chi connectivity index (χ2v) is 17.4. The monoisotopic (exact) mass is 750 g/mol. The Hall–Kier alpha value is -6.03. The minimum absolute atomic E-state index is 0.294. The van der Waals surface area contributed by atoms with Crippen molar-refractivity contribution in [2.24, 2.45) is 5.92 Å². The van der Waals surface area contributed by atoms with Gasteiger partial charge in [-0.3, -0.25) is 0 Å². The molecule has 0 amide bonds. The third-order valence-corrected chi connectivity index (χ3v) is 14.6. The van der Waals surface area contributed by atoms with Crippen molar-refractivity contribution in [3.05, 3.63) is 216 Å². The van der Waals surface area contributed by atoms with Crippen LogP contribution < -0.4 is 4.90 Å². The van der Waals surface area contributed by atoms with Crippen LogP contribution in [0.25, 0.3) is 44.1 Å². The van der Waals surface area contributed by atoms with Gasteiger partial charge in [-0.2, -0.15) is 0 Å². The summed E-state index contributed by atoms with van der Waals surface area (Å²) in [5.41, 5.74) is 14.5. The van der Waals surface area contributed by atoms with E-state index in [0.717, 1.165) is 12.8 Å². The molecular formula is C54H42N2S. The van der Waals surface area contributed by atoms with Gasteiger partial charge in [-0.25, -0.2) is 0 Å². The molecule has 57 heavy (non-hydrogen) atoms. The number of rotatable bonds is 5. The molecule has 12 rings (SSSR count). The SMILES string of the molecule is C1=CCC(n2c3ccc(-c4ccc(-c5ccc6c(c5)C5C=CC=CC5N6c5ccccc5)cc4)cc3c3cc(C4CC=CC5=C4SC4C=CC=CC54)ccc32)C=C1. The highest BCUT2D eigenvalue weighted by atomic mass is 32.2. The summed E-state index contributed by atoms with van der Waals surface area (Å²) in [4.78, 5) is 4.07. The first-order chi connectivity index (χ1) is 28.3. The number of aromatic nitrogens is 1. The van der Waals surface area contributed by atoms with E-state index in [-0.39, 0.29) is 0 Å². The molecule has 3 heteroatoms. The summed E-state index contributed by atoms with van der Waals surface area (Å²) in [5, 5.41) is 3.21. The number of allylic oxidation sites excluding steroid dienone is 13. The lowest BCUT2D eigenvalue weighted by Gasteiger charge is -2.28. The van der Waals surface area contributed by atoms with E-state index in [4.69, 9.17) is 0 Å². The van der Waals surface area contributed by atoms with Gasteiger partial charge in [-0.15, -0.1) is 11.8 Å². The van der Waals surface area contributed by atoms with Crippen molar-refractivity contribution in [3.8, 4) is 22.3 Å². The van der Waals surface area contributed by atoms with Crippen molar-refractivity contribution in [1.82, 2.24) is 4.57 Å². The van der Waals surface area contributed by atoms with Crippen LogP contribution in [0.3, 0.4) is 0 Å². The average Bonchev–Trinajstić information content (AvgIpc) is 3.94. The number of thioether (sulfide) groups is 1. The van der Waals surface area contributed by atoms with Crippen LogP contribution in [0.5, 0.6) is 0 Å². The molecule has 0 saturated carbocycles. The van der Waals surface area contributed by atoms with Crippen LogP contribution >= 0.6 is 11.8 Å². The Morgan fingerprint density at radius 3 is 2.07 bits per heavy atom. The third kappa shape index (κ3) is 5.32. The van der Waals surface area contributed by atoms with Gasteiger partial charge in [0, 0.05) is 56.2 Å². The first-order valence-electron chi connectivity index (χ1n) is 20.5. The molecule has 0 saturated heterocycles. The molecular weight excluding hydrogens is 709 g/mol. The second-order valence-electron chi connectivity index (χ2n) is 16.2. The number of hydrogen-bond donors (Lipinski definition) is 0. The van der Waals surface area contributed by atoms with E-state index in [1.807, 2.05) is 0 Å². The Bertz CT molecular complexity index is 2860. The lowest BCUT2D eigenvalue weighted by Crippen LogP contribution is -2.28. The maximum Gasteiger partial charge on any atom is 0.0629 e. The van der Waals surface area contributed by atoms with Gasteiger partial charge in [0.2, 0.25) is 0 Å². The fourth-order valence-electron chi connectivity index (χ4n) is 10.4. The van der Waals surface area contributed by atoms with Crippen LogP contribution in [-0.2, 0) is 0 Å². The Morgan fingerprint density at radius 1 is 0.544 bits per heavy atom. The number of para-hydroxylation sites is 1. The van der Waals surface area contributed by atoms with E-state index in [9.17, 15) is 0 Å². The number of benzene rings is 5. The molecule has 0 spiro atoms. The summed E-state index contributed by atoms with van der Waals surface area (Å²) in [7, 11) is 0. The van der Waals surface area contributed by atoms with Crippen molar-refractivity contribution in [3.63, 3.8) is 0 Å². The molecule has 3 heterocycles. The first-order valence-corrected chi connectivity index (χ1v) is 21.4. The van der Waals surface area contributed by atoms with Gasteiger partial charge in [-0.1, -0.05) is 146 Å². The highest BCUT2D eigenvalue weighted by molar-refractivity contribution is 8.04. The van der Waals surface area contributed by atoms with Gasteiger partial charge in [-0.05, 0) is 105 Å². The summed E-state index contributed by atoms with van der Waals surface area (Å²) >= 11 is 2.09. The Balaban J connectivity index is 0.913. The predicted molar refractivity (Wildman–Crippen MR) is 242 cm³/mol. The standard InChI is InChI=1S/C54H42N2S/c1-3-12-40(13-4-1)55-49-20-9-7-16-43(49)46-32-37(26-29-50(46)55)35-22-24-36(25-23-35)38-27-30-51-47(33-38)48-34-39(28-31-52(48)56(51)41-14-5-2-6-15-41)42-18-11-19-45-44-17-8-10-21-53(44)57-54(42)45/h1-14,16-17,19-34,41-44,49,53H,15,18H2. The van der Waals surface area contributed by atoms with Gasteiger partial charge < -0.3 is 9.47 Å². The summed E-state index contributed by atoms with van der Waals surface area (Å²) < 4.78 is 2.58. The Labute approximate surface area is 338 Å². The van der Waals surface area contributed by atoms with Gasteiger partial charge in [0.05, 0.1) is 12.1 Å². The van der Waals surface area contributed by atoms with E-state index in [1.54, 1.807) is 4.91 Å². The van der Waals surface area contributed by atoms with E-state index in [1.165, 1.54) is 72.1 Å². The zero-order chi connectivity index (χ0) is 37.5. The molecule has 6 aliphatic rings. The van der Waals surface area contributed by atoms with Gasteiger partial charge in [0.1, 0.15) is 0 Å². The molecule has 4 aliphatic carbocycles. The van der Waals surface area contributed by atoms with E-state index >= 15 is 0 Å². The topological polar surface area (TPSA) is 8.17 Å². The molecule has 1 aromatic heterocycles. The maximum absolute atomic E-state index is 2.58. The van der Waals surface area contributed by atoms with Crippen LogP contribution in [0, 0.1) is 5.92 Å². The number of nitrogens with zero attached hydrogens (tertiary/aromatic N) is 2. The maximum atomic E-state index is 2.58. The summed E-state index contributed by atoms with van der Waals surface area (Å²) in [6.07, 6.45) is 34.3. The van der Waals surface area contributed by atoms with Crippen molar-refractivity contribution >= 4 is 44.9 Å². The van der Waals surface area contributed by atoms with Crippen LogP contribution in [0.4, 0.5) is 11.4 Å². The quantitative estimate of drug-likeness (QED) is 0.173. The Morgan fingerprint density at radius 2 is 1.25 bits per heavy atom. The molecule has 6 aromatic rings. The lowest BCUT2D eigenvalue weighted by atomic mass is 9.83. The Kier molecular flexibility index (Phi) is 7.72. The van der Waals surface area contributed by atoms with E-state index < -0.39 is 0 Å². The lowest BCUT2D eigenvalue weighted by molar-refractivity contribution is 0.648. The van der Waals surface area contributed by atoms with Crippen LogP contribution in [-0.4, -0.2) is 15.9 Å². The van der Waals surface area contributed by atoms with E-state index in [0.29, 0.717) is 35.1 Å². The molecule has 0 N–H and O–H groups in total. The third-order valence-electron chi connectivity index (χ3n) is 13.1. The summed E-state index contributed by atoms with van der Waals surface area (Å²) in [6.45, 7) is 0. The molecule has 274 valence electrons. The predicted octanol–water partition coefficient (Wildman–Crippen LogP) is 14.1. The molecule has 2 nitrogen and oxygen atoms in total. The van der Waals surface area contributed by atoms with Crippen molar-refractivity contribution in [1.29, 1.82) is 0 Å².